The molecule has 0 radical (unpaired) electrons. The zero-order valence-electron chi connectivity index (χ0n) is 21.3. The maximum absolute atomic E-state index is 13.5. The Bertz CT molecular complexity index is 1560. The van der Waals surface area contributed by atoms with E-state index in [0.717, 1.165) is 28.1 Å². The molecule has 0 saturated carbocycles. The number of hydrogen-bond donors (Lipinski definition) is 0. The summed E-state index contributed by atoms with van der Waals surface area (Å²) >= 11 is 0. The highest BCUT2D eigenvalue weighted by Gasteiger charge is 2.33. The molecule has 1 unspecified atom stereocenters. The third-order valence-electron chi connectivity index (χ3n) is 6.75. The zero-order chi connectivity index (χ0) is 25.6. The van der Waals surface area contributed by atoms with Gasteiger partial charge in [-0.25, -0.2) is 4.79 Å². The highest BCUT2D eigenvalue weighted by atomic mass is 16.5. The average molecular weight is 490 g/mol. The molecular weight excluding hydrogens is 458 g/mol. The summed E-state index contributed by atoms with van der Waals surface area (Å²) < 4.78 is 22.8. The average Bonchev–Trinajstić information content (AvgIpc) is 3.23. The van der Waals surface area contributed by atoms with Gasteiger partial charge >= 0.3 is 5.69 Å². The summed E-state index contributed by atoms with van der Waals surface area (Å²) in [7, 11) is 3.23. The van der Waals surface area contributed by atoms with Crippen molar-refractivity contribution >= 4 is 10.9 Å². The molecule has 36 heavy (non-hydrogen) atoms. The normalized spacial score (nSPS) is 15.2. The number of benzene rings is 2. The fraction of sp³-hybridized carbons (Fsp3) is 0.357. The van der Waals surface area contributed by atoms with E-state index < -0.39 is 6.10 Å². The number of aryl methyl sites for hydroxylation is 2. The van der Waals surface area contributed by atoms with E-state index in [4.69, 9.17) is 14.2 Å². The molecule has 8 nitrogen and oxygen atoms in total. The van der Waals surface area contributed by atoms with Crippen LogP contribution < -0.4 is 20.7 Å². The molecule has 4 aromatic rings. The second-order valence-electron chi connectivity index (χ2n) is 9.00. The van der Waals surface area contributed by atoms with Crippen molar-refractivity contribution in [3.05, 3.63) is 80.1 Å². The first kappa shape index (κ1) is 23.9. The number of hydrogen-bond acceptors (Lipinski definition) is 5. The van der Waals surface area contributed by atoms with E-state index in [1.807, 2.05) is 63.2 Å². The molecule has 1 aliphatic rings. The van der Waals surface area contributed by atoms with Crippen molar-refractivity contribution in [2.45, 2.75) is 33.4 Å². The smallest absolute Gasteiger partial charge is 0.331 e. The molecule has 0 amide bonds. The molecule has 0 fully saturated rings. The Morgan fingerprint density at radius 3 is 2.33 bits per heavy atom. The van der Waals surface area contributed by atoms with Gasteiger partial charge in [-0.3, -0.25) is 13.9 Å². The standard InChI is InChI=1S/C28H31N3O5/c1-6-34-20-13-12-19(16-21(20)35-7-2)26-25-24-22(27(32)30(5)28(33)29(24)4)23(31(25)14-15-36-26)18-10-8-17(3)9-11-18/h8-13,16,26H,6-7,14-15H2,1-5H3. The largest absolute Gasteiger partial charge is 0.490 e. The van der Waals surface area contributed by atoms with Crippen molar-refractivity contribution in [3.8, 4) is 22.8 Å². The maximum atomic E-state index is 13.5. The van der Waals surface area contributed by atoms with Gasteiger partial charge in [-0.05, 0) is 44.0 Å². The van der Waals surface area contributed by atoms with Crippen LogP contribution in [-0.4, -0.2) is 33.5 Å². The molecular formula is C28H31N3O5. The fourth-order valence-electron chi connectivity index (χ4n) is 5.08. The van der Waals surface area contributed by atoms with Crippen molar-refractivity contribution in [3.63, 3.8) is 0 Å². The van der Waals surface area contributed by atoms with Crippen LogP contribution in [0.25, 0.3) is 22.2 Å². The molecule has 3 heterocycles. The second-order valence-corrected chi connectivity index (χ2v) is 9.00. The van der Waals surface area contributed by atoms with Gasteiger partial charge in [0, 0.05) is 20.6 Å². The molecule has 1 atom stereocenters. The lowest BCUT2D eigenvalue weighted by molar-refractivity contribution is 0.0476. The summed E-state index contributed by atoms with van der Waals surface area (Å²) in [6.07, 6.45) is -0.493. The molecule has 0 spiro atoms. The van der Waals surface area contributed by atoms with Crippen LogP contribution in [0, 0.1) is 6.92 Å². The minimum atomic E-state index is -0.493. The Kier molecular flexibility index (Phi) is 6.22. The third kappa shape index (κ3) is 3.73. The number of ether oxygens (including phenoxy) is 3. The van der Waals surface area contributed by atoms with E-state index in [0.29, 0.717) is 48.8 Å². The van der Waals surface area contributed by atoms with Gasteiger partial charge in [0.05, 0.1) is 42.1 Å². The van der Waals surface area contributed by atoms with Crippen molar-refractivity contribution in [1.29, 1.82) is 0 Å². The lowest BCUT2D eigenvalue weighted by Gasteiger charge is -2.28. The SMILES string of the molecule is CCOc1ccc(C2OCCn3c(-c4ccc(C)cc4)c4c(=O)n(C)c(=O)n(C)c4c32)cc1OCC. The van der Waals surface area contributed by atoms with E-state index in [2.05, 4.69) is 4.57 Å². The Morgan fingerprint density at radius 2 is 1.64 bits per heavy atom. The number of fused-ring (bicyclic) bond motifs is 3. The van der Waals surface area contributed by atoms with Gasteiger partial charge in [0.1, 0.15) is 6.10 Å². The van der Waals surface area contributed by atoms with Gasteiger partial charge in [-0.2, -0.15) is 0 Å². The van der Waals surface area contributed by atoms with E-state index >= 15 is 0 Å². The second kappa shape index (κ2) is 9.35. The monoisotopic (exact) mass is 489 g/mol. The summed E-state index contributed by atoms with van der Waals surface area (Å²) in [5.41, 5.74) is 4.42. The Labute approximate surface area is 209 Å². The maximum Gasteiger partial charge on any atom is 0.331 e. The topological polar surface area (TPSA) is 76.6 Å². The lowest BCUT2D eigenvalue weighted by atomic mass is 10.0. The highest BCUT2D eigenvalue weighted by molar-refractivity contribution is 5.96. The summed E-state index contributed by atoms with van der Waals surface area (Å²) in [6, 6.07) is 13.9. The Balaban J connectivity index is 1.83. The Hall–Kier alpha value is -3.78. The van der Waals surface area contributed by atoms with Crippen LogP contribution in [0.1, 0.15) is 36.8 Å². The first-order valence-corrected chi connectivity index (χ1v) is 12.3. The molecule has 1 aliphatic heterocycles. The molecule has 2 aromatic heterocycles. The summed E-state index contributed by atoms with van der Waals surface area (Å²) in [4.78, 5) is 26.6. The van der Waals surface area contributed by atoms with Crippen LogP contribution in [0.3, 0.4) is 0 Å². The Morgan fingerprint density at radius 1 is 0.944 bits per heavy atom. The number of nitrogens with zero attached hydrogens (tertiary/aromatic N) is 3. The highest BCUT2D eigenvalue weighted by Crippen LogP contribution is 2.42. The van der Waals surface area contributed by atoms with Crippen LogP contribution in [-0.2, 0) is 25.4 Å². The van der Waals surface area contributed by atoms with Gasteiger partial charge in [0.25, 0.3) is 5.56 Å². The van der Waals surface area contributed by atoms with Crippen molar-refractivity contribution in [2.24, 2.45) is 14.1 Å². The van der Waals surface area contributed by atoms with E-state index in [9.17, 15) is 9.59 Å². The van der Waals surface area contributed by atoms with E-state index in [1.165, 1.54) is 11.6 Å². The minimum Gasteiger partial charge on any atom is -0.490 e. The van der Waals surface area contributed by atoms with Crippen LogP contribution in [0.15, 0.2) is 52.1 Å². The summed E-state index contributed by atoms with van der Waals surface area (Å²) in [6.45, 7) is 7.94. The van der Waals surface area contributed by atoms with Crippen LogP contribution in [0.5, 0.6) is 11.5 Å². The number of aromatic nitrogens is 3. The molecule has 0 N–H and O–H groups in total. The van der Waals surface area contributed by atoms with Crippen molar-refractivity contribution in [2.75, 3.05) is 19.8 Å². The van der Waals surface area contributed by atoms with Gasteiger partial charge in [0.15, 0.2) is 11.5 Å². The molecule has 0 bridgehead atoms. The third-order valence-corrected chi connectivity index (χ3v) is 6.75. The molecule has 5 rings (SSSR count). The predicted octanol–water partition coefficient (Wildman–Crippen LogP) is 3.93. The predicted molar refractivity (Wildman–Crippen MR) is 139 cm³/mol. The molecule has 2 aromatic carbocycles. The van der Waals surface area contributed by atoms with Crippen LogP contribution in [0.2, 0.25) is 0 Å². The van der Waals surface area contributed by atoms with Crippen LogP contribution in [0.4, 0.5) is 0 Å². The summed E-state index contributed by atoms with van der Waals surface area (Å²) in [5.74, 6) is 1.30. The zero-order valence-corrected chi connectivity index (χ0v) is 21.3. The van der Waals surface area contributed by atoms with Gasteiger partial charge in [-0.1, -0.05) is 35.9 Å². The summed E-state index contributed by atoms with van der Waals surface area (Å²) in [5, 5.41) is 0.518. The van der Waals surface area contributed by atoms with Gasteiger partial charge < -0.3 is 18.8 Å². The quantitative estimate of drug-likeness (QED) is 0.410. The lowest BCUT2D eigenvalue weighted by Crippen LogP contribution is -2.37. The number of rotatable bonds is 6. The molecule has 8 heteroatoms. The molecule has 0 aliphatic carbocycles. The van der Waals surface area contributed by atoms with Crippen molar-refractivity contribution in [1.82, 2.24) is 13.7 Å². The van der Waals surface area contributed by atoms with E-state index in [1.54, 1.807) is 11.6 Å². The van der Waals surface area contributed by atoms with Gasteiger partial charge in [-0.15, -0.1) is 0 Å². The fourth-order valence-corrected chi connectivity index (χ4v) is 5.08. The van der Waals surface area contributed by atoms with Crippen molar-refractivity contribution < 1.29 is 14.2 Å². The van der Waals surface area contributed by atoms with E-state index in [-0.39, 0.29) is 11.2 Å². The minimum absolute atomic E-state index is 0.314. The molecule has 0 saturated heterocycles. The first-order valence-electron chi connectivity index (χ1n) is 12.3. The molecule has 188 valence electrons. The first-order chi connectivity index (χ1) is 17.4. The van der Waals surface area contributed by atoms with Crippen LogP contribution >= 0.6 is 0 Å². The van der Waals surface area contributed by atoms with Gasteiger partial charge in [0.2, 0.25) is 0 Å².